The summed E-state index contributed by atoms with van der Waals surface area (Å²) in [5, 5.41) is 0. The third-order valence-electron chi connectivity index (χ3n) is 4.36. The molecular weight excluding hydrogens is 230 g/mol. The molecule has 1 aliphatic heterocycles. The van der Waals surface area contributed by atoms with Crippen LogP contribution >= 0.6 is 0 Å². The summed E-state index contributed by atoms with van der Waals surface area (Å²) in [5.41, 5.74) is 4.35. The Morgan fingerprint density at radius 2 is 1.95 bits per heavy atom. The predicted molar refractivity (Wildman–Crippen MR) is 82.6 cm³/mol. The summed E-state index contributed by atoms with van der Waals surface area (Å²) in [5.74, 6) is 0.789. The Kier molecular flexibility index (Phi) is 3.72. The number of anilines is 1. The normalized spacial score (nSPS) is 20.5. The molecule has 0 spiro atoms. The van der Waals surface area contributed by atoms with Crippen LogP contribution in [0, 0.1) is 12.8 Å². The van der Waals surface area contributed by atoms with Gasteiger partial charge < -0.3 is 4.90 Å². The molecule has 1 nitrogen and oxygen atoms in total. The Morgan fingerprint density at radius 3 is 2.63 bits per heavy atom. The molecule has 0 N–H and O–H groups in total. The van der Waals surface area contributed by atoms with Crippen molar-refractivity contribution in [2.24, 2.45) is 5.92 Å². The van der Waals surface area contributed by atoms with Crippen molar-refractivity contribution in [3.8, 4) is 0 Å². The van der Waals surface area contributed by atoms with Gasteiger partial charge in [0, 0.05) is 18.8 Å². The van der Waals surface area contributed by atoms with Crippen LogP contribution in [0.2, 0.25) is 0 Å². The number of rotatable bonds is 2. The van der Waals surface area contributed by atoms with E-state index in [1.165, 1.54) is 50.0 Å². The van der Waals surface area contributed by atoms with E-state index in [9.17, 15) is 0 Å². The number of benzene rings is 1. The molecule has 1 aliphatic carbocycles. The van der Waals surface area contributed by atoms with Crippen LogP contribution in [0.5, 0.6) is 0 Å². The zero-order valence-corrected chi connectivity index (χ0v) is 11.8. The topological polar surface area (TPSA) is 3.24 Å². The molecule has 0 saturated carbocycles. The number of aryl methyl sites for hydroxylation is 1. The lowest BCUT2D eigenvalue weighted by Gasteiger charge is -2.34. The number of hydrogen-bond acceptors (Lipinski definition) is 1. The summed E-state index contributed by atoms with van der Waals surface area (Å²) in [4.78, 5) is 2.54. The van der Waals surface area contributed by atoms with Gasteiger partial charge in [-0.3, -0.25) is 0 Å². The first kappa shape index (κ1) is 12.5. The molecule has 1 heterocycles. The lowest BCUT2D eigenvalue weighted by atomic mass is 9.86. The quantitative estimate of drug-likeness (QED) is 0.750. The second-order valence-electron chi connectivity index (χ2n) is 5.78. The lowest BCUT2D eigenvalue weighted by Crippen LogP contribution is -2.34. The van der Waals surface area contributed by atoms with E-state index in [1.807, 2.05) is 0 Å². The number of hydrogen-bond donors (Lipinski definition) is 0. The fraction of sp³-hybridized carbons (Fsp3) is 0.444. The van der Waals surface area contributed by atoms with E-state index in [-0.39, 0.29) is 0 Å². The van der Waals surface area contributed by atoms with E-state index in [0.29, 0.717) is 0 Å². The Hall–Kier alpha value is -1.50. The third-order valence-corrected chi connectivity index (χ3v) is 4.36. The minimum atomic E-state index is 0.789. The first-order valence-electron chi connectivity index (χ1n) is 7.51. The highest BCUT2D eigenvalue weighted by atomic mass is 15.1. The van der Waals surface area contributed by atoms with Gasteiger partial charge in [0.1, 0.15) is 0 Å². The van der Waals surface area contributed by atoms with Crippen LogP contribution in [0.4, 0.5) is 5.69 Å². The summed E-state index contributed by atoms with van der Waals surface area (Å²) in [6.45, 7) is 4.56. The largest absolute Gasteiger partial charge is 0.371 e. The van der Waals surface area contributed by atoms with E-state index < -0.39 is 0 Å². The molecule has 0 aromatic heterocycles. The minimum Gasteiger partial charge on any atom is -0.371 e. The van der Waals surface area contributed by atoms with Gasteiger partial charge in [-0.15, -0.1) is 0 Å². The van der Waals surface area contributed by atoms with Crippen LogP contribution in [-0.4, -0.2) is 13.1 Å². The zero-order chi connectivity index (χ0) is 13.1. The summed E-state index contributed by atoms with van der Waals surface area (Å²) in [6.07, 6.45) is 12.2. The Bertz CT molecular complexity index is 490. The van der Waals surface area contributed by atoms with Crippen LogP contribution in [0.25, 0.3) is 0 Å². The van der Waals surface area contributed by atoms with Gasteiger partial charge in [-0.2, -0.15) is 0 Å². The molecule has 0 atom stereocenters. The summed E-state index contributed by atoms with van der Waals surface area (Å²) in [6, 6.07) is 8.89. The minimum absolute atomic E-state index is 0.789. The van der Waals surface area contributed by atoms with E-state index in [4.69, 9.17) is 0 Å². The van der Waals surface area contributed by atoms with Gasteiger partial charge in [0.05, 0.1) is 0 Å². The maximum atomic E-state index is 2.54. The van der Waals surface area contributed by atoms with Crippen molar-refractivity contribution in [2.75, 3.05) is 18.0 Å². The third kappa shape index (κ3) is 2.91. The van der Waals surface area contributed by atoms with Crippen LogP contribution in [0.15, 0.2) is 48.1 Å². The SMILES string of the molecule is Cc1cccc(N2CCC(C3=CCCC=C3)CC2)c1. The van der Waals surface area contributed by atoms with Crippen molar-refractivity contribution in [1.82, 2.24) is 0 Å². The molecule has 2 aliphatic rings. The monoisotopic (exact) mass is 253 g/mol. The average molecular weight is 253 g/mol. The molecule has 1 heteroatoms. The van der Waals surface area contributed by atoms with Crippen LogP contribution < -0.4 is 4.90 Å². The highest BCUT2D eigenvalue weighted by Gasteiger charge is 2.21. The van der Waals surface area contributed by atoms with Gasteiger partial charge in [-0.05, 0) is 61.8 Å². The van der Waals surface area contributed by atoms with Gasteiger partial charge >= 0.3 is 0 Å². The molecule has 100 valence electrons. The fourth-order valence-electron chi connectivity index (χ4n) is 3.23. The van der Waals surface area contributed by atoms with Crippen molar-refractivity contribution in [3.05, 3.63) is 53.6 Å². The molecule has 1 aromatic carbocycles. The van der Waals surface area contributed by atoms with Crippen molar-refractivity contribution in [3.63, 3.8) is 0 Å². The average Bonchev–Trinajstić information content (AvgIpc) is 2.48. The van der Waals surface area contributed by atoms with E-state index >= 15 is 0 Å². The highest BCUT2D eigenvalue weighted by Crippen LogP contribution is 2.30. The first-order chi connectivity index (χ1) is 9.33. The second kappa shape index (κ2) is 5.64. The van der Waals surface area contributed by atoms with E-state index in [2.05, 4.69) is 54.3 Å². The second-order valence-corrected chi connectivity index (χ2v) is 5.78. The Morgan fingerprint density at radius 1 is 1.11 bits per heavy atom. The van der Waals surface area contributed by atoms with E-state index in [1.54, 1.807) is 5.57 Å². The van der Waals surface area contributed by atoms with Gasteiger partial charge in [-0.1, -0.05) is 30.4 Å². The first-order valence-corrected chi connectivity index (χ1v) is 7.51. The molecule has 1 aromatic rings. The molecule has 1 fully saturated rings. The van der Waals surface area contributed by atoms with Gasteiger partial charge in [0.2, 0.25) is 0 Å². The number of allylic oxidation sites excluding steroid dienone is 4. The Balaban J connectivity index is 1.63. The van der Waals surface area contributed by atoms with Crippen molar-refractivity contribution >= 4 is 5.69 Å². The Labute approximate surface area is 116 Å². The zero-order valence-electron chi connectivity index (χ0n) is 11.8. The summed E-state index contributed by atoms with van der Waals surface area (Å²) >= 11 is 0. The van der Waals surface area contributed by atoms with Gasteiger partial charge in [0.25, 0.3) is 0 Å². The maximum absolute atomic E-state index is 2.54. The molecule has 0 bridgehead atoms. The van der Waals surface area contributed by atoms with Crippen LogP contribution in [0.3, 0.4) is 0 Å². The predicted octanol–water partition coefficient (Wildman–Crippen LogP) is 4.49. The molecule has 0 unspecified atom stereocenters. The molecule has 19 heavy (non-hydrogen) atoms. The fourth-order valence-corrected chi connectivity index (χ4v) is 3.23. The van der Waals surface area contributed by atoms with Crippen LogP contribution in [0.1, 0.15) is 31.2 Å². The van der Waals surface area contributed by atoms with Gasteiger partial charge in [0.15, 0.2) is 0 Å². The smallest absolute Gasteiger partial charge is 0.0368 e. The molecule has 0 radical (unpaired) electrons. The lowest BCUT2D eigenvalue weighted by molar-refractivity contribution is 0.463. The molecular formula is C18H23N. The van der Waals surface area contributed by atoms with E-state index in [0.717, 1.165) is 5.92 Å². The van der Waals surface area contributed by atoms with Gasteiger partial charge in [-0.25, -0.2) is 0 Å². The molecule has 1 saturated heterocycles. The molecule has 3 rings (SSSR count). The van der Waals surface area contributed by atoms with Crippen molar-refractivity contribution in [2.45, 2.75) is 32.6 Å². The number of piperidine rings is 1. The van der Waals surface area contributed by atoms with Crippen molar-refractivity contribution < 1.29 is 0 Å². The van der Waals surface area contributed by atoms with Crippen molar-refractivity contribution in [1.29, 1.82) is 0 Å². The number of nitrogens with zero attached hydrogens (tertiary/aromatic N) is 1. The summed E-state index contributed by atoms with van der Waals surface area (Å²) < 4.78 is 0. The summed E-state index contributed by atoms with van der Waals surface area (Å²) in [7, 11) is 0. The van der Waals surface area contributed by atoms with Crippen LogP contribution in [-0.2, 0) is 0 Å². The maximum Gasteiger partial charge on any atom is 0.0368 e. The highest BCUT2D eigenvalue weighted by molar-refractivity contribution is 5.49. The molecule has 0 amide bonds. The standard InChI is InChI=1S/C18H23N/c1-15-6-5-9-18(14-15)19-12-10-17(11-13-19)16-7-3-2-4-8-16/h3,5-9,14,17H,2,4,10-13H2,1H3.